The van der Waals surface area contributed by atoms with Gasteiger partial charge < -0.3 is 4.74 Å². The molecule has 3 heteroatoms. The Morgan fingerprint density at radius 3 is 1.89 bits per heavy atom. The van der Waals surface area contributed by atoms with Gasteiger partial charge in [-0.3, -0.25) is 0 Å². The second kappa shape index (κ2) is 14.2. The first-order valence-corrected chi connectivity index (χ1v) is 11.1. The molecule has 0 saturated carbocycles. The molecule has 1 aromatic rings. The van der Waals surface area contributed by atoms with Crippen LogP contribution in [-0.2, 0) is 4.74 Å². The van der Waals surface area contributed by atoms with Gasteiger partial charge in [-0.2, -0.15) is 0 Å². The van der Waals surface area contributed by atoms with Gasteiger partial charge in [0.1, 0.15) is 11.5 Å². The number of carbonyl (C=O) groups excluding carboxylic acids is 1. The molecular formula is C25H36O2S. The van der Waals surface area contributed by atoms with Gasteiger partial charge in [0.25, 0.3) is 0 Å². The maximum absolute atomic E-state index is 11.8. The molecule has 154 valence electrons. The van der Waals surface area contributed by atoms with E-state index in [1.807, 2.05) is 17.5 Å². The summed E-state index contributed by atoms with van der Waals surface area (Å²) in [5, 5.41) is 1.88. The SMILES string of the molecule is CC(C)=CCC/C(C)=C/CC/C(C)=C/CC/C(C)=C/COC(=O)c1cccs1. The fraction of sp³-hybridized carbons (Fsp3) is 0.480. The van der Waals surface area contributed by atoms with E-state index in [0.717, 1.165) is 38.5 Å². The van der Waals surface area contributed by atoms with Crippen LogP contribution in [0.25, 0.3) is 0 Å². The fourth-order valence-electron chi connectivity index (χ4n) is 2.71. The number of esters is 1. The molecule has 1 aromatic heterocycles. The molecule has 0 aromatic carbocycles. The summed E-state index contributed by atoms with van der Waals surface area (Å²) in [5.74, 6) is -0.237. The number of carbonyl (C=O) groups is 1. The quantitative estimate of drug-likeness (QED) is 0.262. The van der Waals surface area contributed by atoms with E-state index in [1.54, 1.807) is 6.07 Å². The number of rotatable bonds is 12. The van der Waals surface area contributed by atoms with E-state index in [1.165, 1.54) is 33.6 Å². The van der Waals surface area contributed by atoms with Gasteiger partial charge in [0, 0.05) is 0 Å². The van der Waals surface area contributed by atoms with Crippen LogP contribution in [0.2, 0.25) is 0 Å². The minimum atomic E-state index is -0.237. The zero-order valence-electron chi connectivity index (χ0n) is 18.2. The third kappa shape index (κ3) is 11.8. The van der Waals surface area contributed by atoms with Crippen molar-refractivity contribution in [3.8, 4) is 0 Å². The van der Waals surface area contributed by atoms with Crippen LogP contribution in [0.1, 0.15) is 82.8 Å². The van der Waals surface area contributed by atoms with E-state index < -0.39 is 0 Å². The van der Waals surface area contributed by atoms with Crippen molar-refractivity contribution in [2.45, 2.75) is 73.1 Å². The molecule has 28 heavy (non-hydrogen) atoms. The Hall–Kier alpha value is -1.87. The Kier molecular flexibility index (Phi) is 12.2. The average molecular weight is 401 g/mol. The summed E-state index contributed by atoms with van der Waals surface area (Å²) in [7, 11) is 0. The third-order valence-corrected chi connectivity index (χ3v) is 5.37. The van der Waals surface area contributed by atoms with Crippen molar-refractivity contribution < 1.29 is 9.53 Å². The Morgan fingerprint density at radius 2 is 1.39 bits per heavy atom. The number of ether oxygens (including phenoxy) is 1. The summed E-state index contributed by atoms with van der Waals surface area (Å²) in [4.78, 5) is 12.4. The van der Waals surface area contributed by atoms with Gasteiger partial charge in [-0.15, -0.1) is 11.3 Å². The first kappa shape index (κ1) is 24.2. The van der Waals surface area contributed by atoms with Gasteiger partial charge in [0.2, 0.25) is 0 Å². The largest absolute Gasteiger partial charge is 0.457 e. The molecule has 2 nitrogen and oxygen atoms in total. The molecule has 0 unspecified atom stereocenters. The Morgan fingerprint density at radius 1 is 0.857 bits per heavy atom. The normalized spacial score (nSPS) is 12.8. The first-order chi connectivity index (χ1) is 13.4. The predicted octanol–water partition coefficient (Wildman–Crippen LogP) is 8.05. The Labute approximate surface area is 175 Å². The van der Waals surface area contributed by atoms with Crippen molar-refractivity contribution in [1.29, 1.82) is 0 Å². The highest BCUT2D eigenvalue weighted by atomic mass is 32.1. The highest BCUT2D eigenvalue weighted by Gasteiger charge is 2.06. The lowest BCUT2D eigenvalue weighted by molar-refractivity contribution is 0.0554. The zero-order valence-corrected chi connectivity index (χ0v) is 19.0. The van der Waals surface area contributed by atoms with E-state index in [-0.39, 0.29) is 5.97 Å². The van der Waals surface area contributed by atoms with Gasteiger partial charge >= 0.3 is 5.97 Å². The summed E-state index contributed by atoms with van der Waals surface area (Å²) in [6.45, 7) is 11.2. The molecule has 0 atom stereocenters. The van der Waals surface area contributed by atoms with Crippen molar-refractivity contribution in [3.05, 3.63) is 69.0 Å². The summed E-state index contributed by atoms with van der Waals surface area (Å²) < 4.78 is 5.27. The smallest absolute Gasteiger partial charge is 0.348 e. The second-order valence-corrected chi connectivity index (χ2v) is 8.57. The monoisotopic (exact) mass is 400 g/mol. The number of hydrogen-bond donors (Lipinski definition) is 0. The van der Waals surface area contributed by atoms with Crippen molar-refractivity contribution in [3.63, 3.8) is 0 Å². The standard InChI is InChI=1S/C25H36O2S/c1-20(2)10-6-11-21(3)12-7-13-22(4)14-8-15-23(5)17-18-27-25(26)24-16-9-19-28-24/h9-10,12,14,16-17,19H,6-8,11,13,15,18H2,1-5H3/b21-12+,22-14+,23-17+. The number of hydrogen-bond acceptors (Lipinski definition) is 3. The van der Waals surface area contributed by atoms with Crippen LogP contribution >= 0.6 is 11.3 Å². The van der Waals surface area contributed by atoms with Crippen molar-refractivity contribution in [1.82, 2.24) is 0 Å². The zero-order chi connectivity index (χ0) is 20.8. The highest BCUT2D eigenvalue weighted by molar-refractivity contribution is 7.11. The van der Waals surface area contributed by atoms with Crippen LogP contribution in [-0.4, -0.2) is 12.6 Å². The lowest BCUT2D eigenvalue weighted by Crippen LogP contribution is -2.03. The molecule has 1 rings (SSSR count). The first-order valence-electron chi connectivity index (χ1n) is 10.2. The second-order valence-electron chi connectivity index (χ2n) is 7.62. The van der Waals surface area contributed by atoms with Gasteiger partial charge in [-0.1, -0.05) is 46.6 Å². The van der Waals surface area contributed by atoms with Crippen LogP contribution in [0.15, 0.2) is 64.1 Å². The Balaban J connectivity index is 2.22. The number of thiophene rings is 1. The van der Waals surface area contributed by atoms with E-state index in [2.05, 4.69) is 52.8 Å². The molecule has 0 aliphatic carbocycles. The highest BCUT2D eigenvalue weighted by Crippen LogP contribution is 2.14. The summed E-state index contributed by atoms with van der Waals surface area (Å²) >= 11 is 1.41. The molecule has 0 bridgehead atoms. The molecule has 0 amide bonds. The minimum absolute atomic E-state index is 0.237. The summed E-state index contributed by atoms with van der Waals surface area (Å²) in [6, 6.07) is 3.65. The van der Waals surface area contributed by atoms with E-state index in [9.17, 15) is 4.79 Å². The van der Waals surface area contributed by atoms with Crippen LogP contribution in [0.5, 0.6) is 0 Å². The lowest BCUT2D eigenvalue weighted by atomic mass is 10.0. The molecular weight excluding hydrogens is 364 g/mol. The molecule has 0 aliphatic heterocycles. The molecule has 0 spiro atoms. The van der Waals surface area contributed by atoms with Crippen LogP contribution in [0.4, 0.5) is 0 Å². The Bertz CT molecular complexity index is 699. The molecule has 0 radical (unpaired) electrons. The topological polar surface area (TPSA) is 26.3 Å². The van der Waals surface area contributed by atoms with Crippen LogP contribution in [0.3, 0.4) is 0 Å². The van der Waals surface area contributed by atoms with E-state index in [4.69, 9.17) is 4.74 Å². The van der Waals surface area contributed by atoms with Gasteiger partial charge in [0.05, 0.1) is 0 Å². The van der Waals surface area contributed by atoms with Gasteiger partial charge in [-0.05, 0) is 90.7 Å². The van der Waals surface area contributed by atoms with Crippen LogP contribution < -0.4 is 0 Å². The molecule has 0 N–H and O–H groups in total. The third-order valence-electron chi connectivity index (χ3n) is 4.52. The van der Waals surface area contributed by atoms with E-state index >= 15 is 0 Å². The van der Waals surface area contributed by atoms with Crippen molar-refractivity contribution >= 4 is 17.3 Å². The summed E-state index contributed by atoms with van der Waals surface area (Å²) in [6.07, 6.45) is 15.6. The maximum atomic E-state index is 11.8. The fourth-order valence-corrected chi connectivity index (χ4v) is 3.33. The van der Waals surface area contributed by atoms with Crippen LogP contribution in [0, 0.1) is 0 Å². The molecule has 0 aliphatic rings. The maximum Gasteiger partial charge on any atom is 0.348 e. The van der Waals surface area contributed by atoms with Crippen molar-refractivity contribution in [2.75, 3.05) is 6.61 Å². The predicted molar refractivity (Wildman–Crippen MR) is 123 cm³/mol. The minimum Gasteiger partial charge on any atom is -0.457 e. The van der Waals surface area contributed by atoms with Gasteiger partial charge in [-0.25, -0.2) is 4.79 Å². The summed E-state index contributed by atoms with van der Waals surface area (Å²) in [5.41, 5.74) is 5.60. The number of allylic oxidation sites excluding steroid dienone is 7. The van der Waals surface area contributed by atoms with Gasteiger partial charge in [0.15, 0.2) is 0 Å². The van der Waals surface area contributed by atoms with E-state index in [0.29, 0.717) is 11.5 Å². The van der Waals surface area contributed by atoms with Crippen molar-refractivity contribution in [2.24, 2.45) is 0 Å². The molecule has 0 fully saturated rings. The molecule has 0 saturated heterocycles. The lowest BCUT2D eigenvalue weighted by Gasteiger charge is -2.03. The molecule has 1 heterocycles. The average Bonchev–Trinajstić information content (AvgIpc) is 3.16.